The summed E-state index contributed by atoms with van der Waals surface area (Å²) in [5.74, 6) is 2.03. The standard InChI is InChI=1S/C20H27NO2/c1-18-8-5-14(22)11-13(18)3-4-15-16(18)6-9-19(2)17(15)7-10-20(19,23)12-21/h3,15-17,23H,4-11H2,1-2H3/t15?,16-,17-,18+,19+,20?/m1/s1. The number of carbonyl (C=O) groups is 1. The Morgan fingerprint density at radius 2 is 1.96 bits per heavy atom. The summed E-state index contributed by atoms with van der Waals surface area (Å²) >= 11 is 0. The van der Waals surface area contributed by atoms with Gasteiger partial charge in [0.25, 0.3) is 0 Å². The number of nitriles is 1. The number of ketones is 1. The molecule has 0 bridgehead atoms. The molecule has 0 aromatic heterocycles. The topological polar surface area (TPSA) is 61.1 Å². The van der Waals surface area contributed by atoms with E-state index in [2.05, 4.69) is 26.0 Å². The van der Waals surface area contributed by atoms with E-state index >= 15 is 0 Å². The fraction of sp³-hybridized carbons (Fsp3) is 0.800. The predicted octanol–water partition coefficient (Wildman–Crippen LogP) is 3.77. The molecule has 3 heteroatoms. The summed E-state index contributed by atoms with van der Waals surface area (Å²) in [4.78, 5) is 11.9. The molecule has 23 heavy (non-hydrogen) atoms. The molecule has 0 radical (unpaired) electrons. The van der Waals surface area contributed by atoms with Crippen molar-refractivity contribution in [1.29, 1.82) is 5.26 Å². The summed E-state index contributed by atoms with van der Waals surface area (Å²) in [6.45, 7) is 4.52. The van der Waals surface area contributed by atoms with Gasteiger partial charge in [-0.1, -0.05) is 25.5 Å². The van der Waals surface area contributed by atoms with Gasteiger partial charge in [0.05, 0.1) is 6.07 Å². The van der Waals surface area contributed by atoms with Crippen LogP contribution in [0.15, 0.2) is 11.6 Å². The van der Waals surface area contributed by atoms with Crippen LogP contribution in [0, 0.1) is 39.9 Å². The Bertz CT molecular complexity index is 632. The maximum atomic E-state index is 11.9. The number of carbonyl (C=O) groups excluding carboxylic acids is 1. The molecular weight excluding hydrogens is 286 g/mol. The zero-order valence-electron chi connectivity index (χ0n) is 14.3. The number of rotatable bonds is 0. The number of Topliss-reactive ketones (excluding diaryl/α,β-unsaturated/α-hetero) is 1. The normalized spacial score (nSPS) is 52.0. The van der Waals surface area contributed by atoms with E-state index in [0.29, 0.717) is 36.4 Å². The van der Waals surface area contributed by atoms with Crippen molar-refractivity contribution in [3.63, 3.8) is 0 Å². The first-order chi connectivity index (χ1) is 10.8. The van der Waals surface area contributed by atoms with Crippen LogP contribution in [0.2, 0.25) is 0 Å². The summed E-state index contributed by atoms with van der Waals surface area (Å²) < 4.78 is 0. The Hall–Kier alpha value is -1.14. The summed E-state index contributed by atoms with van der Waals surface area (Å²) in [6, 6.07) is 2.24. The van der Waals surface area contributed by atoms with Crippen molar-refractivity contribution >= 4 is 5.78 Å². The molecule has 0 amide bonds. The monoisotopic (exact) mass is 313 g/mol. The average Bonchev–Trinajstić information content (AvgIpc) is 2.80. The minimum Gasteiger partial charge on any atom is -0.375 e. The molecule has 0 spiro atoms. The highest BCUT2D eigenvalue weighted by Crippen LogP contribution is 2.66. The minimum absolute atomic E-state index is 0.172. The lowest BCUT2D eigenvalue weighted by Gasteiger charge is -2.57. The zero-order chi connectivity index (χ0) is 16.5. The van der Waals surface area contributed by atoms with Crippen molar-refractivity contribution in [1.82, 2.24) is 0 Å². The van der Waals surface area contributed by atoms with Gasteiger partial charge in [-0.15, -0.1) is 0 Å². The number of aliphatic hydroxyl groups is 1. The largest absolute Gasteiger partial charge is 0.375 e. The molecule has 3 fully saturated rings. The van der Waals surface area contributed by atoms with Gasteiger partial charge in [-0.25, -0.2) is 0 Å². The van der Waals surface area contributed by atoms with Gasteiger partial charge in [0.15, 0.2) is 5.60 Å². The quantitative estimate of drug-likeness (QED) is 0.547. The molecule has 3 saturated carbocycles. The zero-order valence-corrected chi connectivity index (χ0v) is 14.3. The van der Waals surface area contributed by atoms with Crippen molar-refractivity contribution in [2.24, 2.45) is 28.6 Å². The lowest BCUT2D eigenvalue weighted by molar-refractivity contribution is -0.123. The third-order valence-corrected chi connectivity index (χ3v) is 8.27. The number of nitrogens with zero attached hydrogens (tertiary/aromatic N) is 1. The van der Waals surface area contributed by atoms with Crippen molar-refractivity contribution in [3.05, 3.63) is 11.6 Å². The number of fused-ring (bicyclic) bond motifs is 5. The molecule has 4 rings (SSSR count). The fourth-order valence-corrected chi connectivity index (χ4v) is 6.68. The predicted molar refractivity (Wildman–Crippen MR) is 87.3 cm³/mol. The van der Waals surface area contributed by atoms with Gasteiger partial charge >= 0.3 is 0 Å². The van der Waals surface area contributed by atoms with Crippen LogP contribution in [0.1, 0.15) is 65.2 Å². The maximum Gasteiger partial charge on any atom is 0.156 e. The highest BCUT2D eigenvalue weighted by molar-refractivity contribution is 5.82. The molecule has 124 valence electrons. The van der Waals surface area contributed by atoms with Crippen LogP contribution in [0.5, 0.6) is 0 Å². The van der Waals surface area contributed by atoms with Gasteiger partial charge in [0.1, 0.15) is 5.78 Å². The van der Waals surface area contributed by atoms with Gasteiger partial charge in [0, 0.05) is 18.3 Å². The Labute approximate surface area is 138 Å². The van der Waals surface area contributed by atoms with E-state index in [1.54, 1.807) is 0 Å². The molecule has 0 saturated heterocycles. The third-order valence-electron chi connectivity index (χ3n) is 8.27. The molecule has 2 unspecified atom stereocenters. The van der Waals surface area contributed by atoms with Crippen LogP contribution >= 0.6 is 0 Å². The molecule has 0 aliphatic heterocycles. The van der Waals surface area contributed by atoms with Gasteiger partial charge < -0.3 is 5.11 Å². The SMILES string of the molecule is C[C@]12CCC(=O)CC1=CCC1[C@H]2CC[C@@]2(C)[C@@H]1CCC2(O)C#N. The van der Waals surface area contributed by atoms with Crippen molar-refractivity contribution < 1.29 is 9.90 Å². The maximum absolute atomic E-state index is 11.9. The molecule has 1 N–H and O–H groups in total. The second-order valence-electron chi connectivity index (χ2n) is 8.94. The Balaban J connectivity index is 1.71. The van der Waals surface area contributed by atoms with Gasteiger partial charge in [-0.3, -0.25) is 4.79 Å². The highest BCUT2D eigenvalue weighted by atomic mass is 16.3. The lowest BCUT2D eigenvalue weighted by Crippen LogP contribution is -2.54. The van der Waals surface area contributed by atoms with Crippen LogP contribution in [0.25, 0.3) is 0 Å². The van der Waals surface area contributed by atoms with E-state index in [1.807, 2.05) is 0 Å². The third kappa shape index (κ3) is 1.82. The second-order valence-corrected chi connectivity index (χ2v) is 8.94. The van der Waals surface area contributed by atoms with Crippen molar-refractivity contribution in [2.75, 3.05) is 0 Å². The van der Waals surface area contributed by atoms with Crippen molar-refractivity contribution in [3.8, 4) is 6.07 Å². The molecule has 6 atom stereocenters. The molecule has 0 heterocycles. The second kappa shape index (κ2) is 4.70. The van der Waals surface area contributed by atoms with E-state index in [4.69, 9.17) is 0 Å². The summed E-state index contributed by atoms with van der Waals surface area (Å²) in [6.07, 6.45) is 9.37. The molecule has 4 aliphatic rings. The molecular formula is C20H27NO2. The summed E-state index contributed by atoms with van der Waals surface area (Å²) in [5.41, 5.74) is 0.156. The highest BCUT2D eigenvalue weighted by Gasteiger charge is 2.64. The van der Waals surface area contributed by atoms with Gasteiger partial charge in [0.2, 0.25) is 0 Å². The van der Waals surface area contributed by atoms with Crippen LogP contribution in [0.3, 0.4) is 0 Å². The number of allylic oxidation sites excluding steroid dienone is 2. The van der Waals surface area contributed by atoms with E-state index in [1.165, 1.54) is 5.57 Å². The molecule has 4 aliphatic carbocycles. The first-order valence-electron chi connectivity index (χ1n) is 9.19. The first-order valence-corrected chi connectivity index (χ1v) is 9.19. The molecule has 0 aromatic carbocycles. The lowest BCUT2D eigenvalue weighted by atomic mass is 9.47. The fourth-order valence-electron chi connectivity index (χ4n) is 6.68. The van der Waals surface area contributed by atoms with Gasteiger partial charge in [-0.2, -0.15) is 5.26 Å². The van der Waals surface area contributed by atoms with E-state index in [0.717, 1.165) is 38.5 Å². The van der Waals surface area contributed by atoms with Crippen LogP contribution in [0.4, 0.5) is 0 Å². The van der Waals surface area contributed by atoms with Gasteiger partial charge in [-0.05, 0) is 61.7 Å². The average molecular weight is 313 g/mol. The van der Waals surface area contributed by atoms with Crippen LogP contribution in [-0.4, -0.2) is 16.5 Å². The van der Waals surface area contributed by atoms with E-state index in [-0.39, 0.29) is 10.8 Å². The van der Waals surface area contributed by atoms with Crippen molar-refractivity contribution in [2.45, 2.75) is 70.8 Å². The van der Waals surface area contributed by atoms with Crippen LogP contribution < -0.4 is 0 Å². The first kappa shape index (κ1) is 15.4. The Morgan fingerprint density at radius 3 is 2.70 bits per heavy atom. The number of hydrogen-bond acceptors (Lipinski definition) is 3. The van der Waals surface area contributed by atoms with E-state index < -0.39 is 5.60 Å². The Kier molecular flexibility index (Phi) is 3.14. The Morgan fingerprint density at radius 1 is 1.22 bits per heavy atom. The molecule has 0 aromatic rings. The summed E-state index contributed by atoms with van der Waals surface area (Å²) in [5, 5.41) is 20.4. The number of hydrogen-bond donors (Lipinski definition) is 1. The smallest absolute Gasteiger partial charge is 0.156 e. The molecule has 3 nitrogen and oxygen atoms in total. The van der Waals surface area contributed by atoms with Crippen LogP contribution in [-0.2, 0) is 4.79 Å². The van der Waals surface area contributed by atoms with E-state index in [9.17, 15) is 15.2 Å². The minimum atomic E-state index is -1.14. The summed E-state index contributed by atoms with van der Waals surface area (Å²) in [7, 11) is 0.